The number of β-amino-alcohol motifs (C(OH)–C–C–N with tert-alkyl or cyclic N) is 1. The highest BCUT2D eigenvalue weighted by Crippen LogP contribution is 2.42. The first kappa shape index (κ1) is 16.4. The number of hydrogen-bond donors (Lipinski definition) is 1. The zero-order chi connectivity index (χ0) is 16.4. The van der Waals surface area contributed by atoms with Gasteiger partial charge in [-0.1, -0.05) is 12.1 Å². The van der Waals surface area contributed by atoms with Gasteiger partial charge in [-0.25, -0.2) is 4.39 Å². The van der Waals surface area contributed by atoms with Crippen molar-refractivity contribution in [1.82, 2.24) is 9.80 Å². The molecule has 0 aromatic heterocycles. The molecule has 1 aromatic carbocycles. The summed E-state index contributed by atoms with van der Waals surface area (Å²) in [5.74, 6) is 0.437. The van der Waals surface area contributed by atoms with Crippen LogP contribution in [0.15, 0.2) is 24.3 Å². The van der Waals surface area contributed by atoms with E-state index in [1.54, 1.807) is 12.1 Å². The second-order valence-corrected chi connectivity index (χ2v) is 6.81. The zero-order valence-electron chi connectivity index (χ0n) is 13.6. The first-order valence-corrected chi connectivity index (χ1v) is 8.47. The lowest BCUT2D eigenvalue weighted by Crippen LogP contribution is -2.56. The summed E-state index contributed by atoms with van der Waals surface area (Å²) in [4.78, 5) is 16.8. The van der Waals surface area contributed by atoms with Crippen molar-refractivity contribution in [3.05, 3.63) is 35.6 Å². The van der Waals surface area contributed by atoms with Crippen LogP contribution in [0.3, 0.4) is 0 Å². The van der Waals surface area contributed by atoms with Crippen molar-refractivity contribution in [2.45, 2.75) is 31.7 Å². The topological polar surface area (TPSA) is 43.8 Å². The Morgan fingerprint density at radius 3 is 2.78 bits per heavy atom. The molecule has 0 bridgehead atoms. The molecule has 1 aliphatic carbocycles. The number of carbonyl (C=O) groups is 1. The van der Waals surface area contributed by atoms with Gasteiger partial charge in [0.05, 0.1) is 6.61 Å². The molecule has 4 nitrogen and oxygen atoms in total. The fourth-order valence-electron chi connectivity index (χ4n) is 3.77. The molecular formula is C18H25FN2O2. The van der Waals surface area contributed by atoms with E-state index in [1.165, 1.54) is 6.07 Å². The SMILES string of the molecule is CC1CN(C(=O)C2CC(c3cccc(F)c3)C2)CCN1CCO. The van der Waals surface area contributed by atoms with Crippen LogP contribution in [0.2, 0.25) is 0 Å². The van der Waals surface area contributed by atoms with Gasteiger partial charge in [0, 0.05) is 38.1 Å². The number of aliphatic hydroxyl groups excluding tert-OH is 1. The Labute approximate surface area is 136 Å². The molecule has 1 heterocycles. The second-order valence-electron chi connectivity index (χ2n) is 6.81. The molecule has 1 aromatic rings. The number of benzene rings is 1. The standard InChI is InChI=1S/C18H25FN2O2/c1-13-12-21(6-5-20(13)7-8-22)18(23)16-9-15(10-16)14-3-2-4-17(19)11-14/h2-4,11,13,15-16,22H,5-10,12H2,1H3. The van der Waals surface area contributed by atoms with Gasteiger partial charge in [-0.3, -0.25) is 9.69 Å². The van der Waals surface area contributed by atoms with Crippen LogP contribution >= 0.6 is 0 Å². The van der Waals surface area contributed by atoms with Gasteiger partial charge in [0.25, 0.3) is 0 Å². The van der Waals surface area contributed by atoms with E-state index in [-0.39, 0.29) is 24.2 Å². The van der Waals surface area contributed by atoms with Crippen LogP contribution in [0.25, 0.3) is 0 Å². The average molecular weight is 320 g/mol. The first-order valence-electron chi connectivity index (χ1n) is 8.47. The van der Waals surface area contributed by atoms with E-state index in [4.69, 9.17) is 5.11 Å². The number of piperazine rings is 1. The van der Waals surface area contributed by atoms with E-state index in [0.717, 1.165) is 38.0 Å². The highest BCUT2D eigenvalue weighted by atomic mass is 19.1. The Bertz CT molecular complexity index is 560. The van der Waals surface area contributed by atoms with Gasteiger partial charge in [-0.05, 0) is 43.4 Å². The molecule has 1 unspecified atom stereocenters. The first-order chi connectivity index (χ1) is 11.1. The lowest BCUT2D eigenvalue weighted by atomic mass is 9.70. The number of rotatable bonds is 4. The number of carbonyl (C=O) groups excluding carboxylic acids is 1. The number of aliphatic hydroxyl groups is 1. The van der Waals surface area contributed by atoms with E-state index in [1.807, 2.05) is 11.0 Å². The maximum Gasteiger partial charge on any atom is 0.225 e. The molecule has 126 valence electrons. The van der Waals surface area contributed by atoms with Gasteiger partial charge in [0.2, 0.25) is 5.91 Å². The van der Waals surface area contributed by atoms with Crippen molar-refractivity contribution in [2.75, 3.05) is 32.8 Å². The Balaban J connectivity index is 1.51. The molecule has 23 heavy (non-hydrogen) atoms. The quantitative estimate of drug-likeness (QED) is 0.921. The van der Waals surface area contributed by atoms with Crippen molar-refractivity contribution in [1.29, 1.82) is 0 Å². The summed E-state index contributed by atoms with van der Waals surface area (Å²) in [7, 11) is 0. The van der Waals surface area contributed by atoms with Crippen molar-refractivity contribution in [2.24, 2.45) is 5.92 Å². The van der Waals surface area contributed by atoms with Crippen molar-refractivity contribution >= 4 is 5.91 Å². The zero-order valence-corrected chi connectivity index (χ0v) is 13.6. The summed E-state index contributed by atoms with van der Waals surface area (Å²) in [5, 5.41) is 9.05. The van der Waals surface area contributed by atoms with E-state index in [0.29, 0.717) is 18.5 Å². The summed E-state index contributed by atoms with van der Waals surface area (Å²) in [6.07, 6.45) is 1.65. The average Bonchev–Trinajstić information content (AvgIpc) is 2.48. The molecule has 1 saturated carbocycles. The molecule has 1 atom stereocenters. The predicted molar refractivity (Wildman–Crippen MR) is 86.6 cm³/mol. The Morgan fingerprint density at radius 2 is 2.13 bits per heavy atom. The summed E-state index contributed by atoms with van der Waals surface area (Å²) in [6, 6.07) is 7.02. The van der Waals surface area contributed by atoms with Crippen molar-refractivity contribution < 1.29 is 14.3 Å². The molecule has 2 fully saturated rings. The second kappa shape index (κ2) is 6.97. The summed E-state index contributed by atoms with van der Waals surface area (Å²) < 4.78 is 13.3. The van der Waals surface area contributed by atoms with Crippen LogP contribution in [0, 0.1) is 11.7 Å². The minimum absolute atomic E-state index is 0.0832. The van der Waals surface area contributed by atoms with Crippen molar-refractivity contribution in [3.8, 4) is 0 Å². The number of amides is 1. The van der Waals surface area contributed by atoms with Gasteiger partial charge >= 0.3 is 0 Å². The number of hydrogen-bond acceptors (Lipinski definition) is 3. The van der Waals surface area contributed by atoms with E-state index in [9.17, 15) is 9.18 Å². The molecule has 1 saturated heterocycles. The van der Waals surface area contributed by atoms with Gasteiger partial charge in [-0.15, -0.1) is 0 Å². The molecular weight excluding hydrogens is 295 g/mol. The Kier molecular flexibility index (Phi) is 4.97. The molecule has 0 radical (unpaired) electrons. The van der Waals surface area contributed by atoms with E-state index < -0.39 is 0 Å². The smallest absolute Gasteiger partial charge is 0.225 e. The summed E-state index contributed by atoms with van der Waals surface area (Å²) in [5.41, 5.74) is 1.01. The fourth-order valence-corrected chi connectivity index (χ4v) is 3.77. The third-order valence-corrected chi connectivity index (χ3v) is 5.27. The van der Waals surface area contributed by atoms with E-state index >= 15 is 0 Å². The largest absolute Gasteiger partial charge is 0.395 e. The van der Waals surface area contributed by atoms with E-state index in [2.05, 4.69) is 11.8 Å². The van der Waals surface area contributed by atoms with Gasteiger partial charge in [-0.2, -0.15) is 0 Å². The van der Waals surface area contributed by atoms with Crippen LogP contribution in [0.1, 0.15) is 31.2 Å². The van der Waals surface area contributed by atoms with Crippen molar-refractivity contribution in [3.63, 3.8) is 0 Å². The number of halogens is 1. The molecule has 3 rings (SSSR count). The minimum atomic E-state index is -0.203. The lowest BCUT2D eigenvalue weighted by molar-refractivity contribution is -0.141. The number of nitrogens with zero attached hydrogens (tertiary/aromatic N) is 2. The maximum atomic E-state index is 13.3. The third kappa shape index (κ3) is 3.56. The van der Waals surface area contributed by atoms with Gasteiger partial charge in [0.1, 0.15) is 5.82 Å². The molecule has 1 aliphatic heterocycles. The molecule has 0 spiro atoms. The molecule has 1 amide bonds. The summed E-state index contributed by atoms with van der Waals surface area (Å²) >= 11 is 0. The maximum absolute atomic E-state index is 13.3. The highest BCUT2D eigenvalue weighted by Gasteiger charge is 2.39. The van der Waals surface area contributed by atoms with Crippen LogP contribution in [0.4, 0.5) is 4.39 Å². The monoisotopic (exact) mass is 320 g/mol. The lowest BCUT2D eigenvalue weighted by Gasteiger charge is -2.43. The fraction of sp³-hybridized carbons (Fsp3) is 0.611. The third-order valence-electron chi connectivity index (χ3n) is 5.27. The van der Waals surface area contributed by atoms with Crippen LogP contribution in [-0.2, 0) is 4.79 Å². The molecule has 5 heteroatoms. The molecule has 2 aliphatic rings. The van der Waals surface area contributed by atoms with Crippen LogP contribution < -0.4 is 0 Å². The van der Waals surface area contributed by atoms with Crippen LogP contribution in [0.5, 0.6) is 0 Å². The van der Waals surface area contributed by atoms with Crippen LogP contribution in [-0.4, -0.2) is 59.6 Å². The minimum Gasteiger partial charge on any atom is -0.395 e. The summed E-state index contributed by atoms with van der Waals surface area (Å²) in [6.45, 7) is 5.24. The highest BCUT2D eigenvalue weighted by molar-refractivity contribution is 5.80. The predicted octanol–water partition coefficient (Wildman–Crippen LogP) is 1.84. The van der Waals surface area contributed by atoms with Gasteiger partial charge < -0.3 is 10.0 Å². The molecule has 1 N–H and O–H groups in total. The Hall–Kier alpha value is -1.46. The normalized spacial score (nSPS) is 28.5. The van der Waals surface area contributed by atoms with Gasteiger partial charge in [0.15, 0.2) is 0 Å². The Morgan fingerprint density at radius 1 is 1.35 bits per heavy atom.